The van der Waals surface area contributed by atoms with Gasteiger partial charge in [-0.15, -0.1) is 11.3 Å². The average molecular weight is 347 g/mol. The van der Waals surface area contributed by atoms with Gasteiger partial charge in [0.25, 0.3) is 5.91 Å². The Kier molecular flexibility index (Phi) is 5.70. The molecule has 0 aliphatic heterocycles. The van der Waals surface area contributed by atoms with Crippen molar-refractivity contribution in [2.75, 3.05) is 19.0 Å². The van der Waals surface area contributed by atoms with E-state index in [0.29, 0.717) is 28.2 Å². The van der Waals surface area contributed by atoms with Crippen LogP contribution in [0.3, 0.4) is 0 Å². The number of thiophene rings is 1. The molecular weight excluding hydrogens is 330 g/mol. The van der Waals surface area contributed by atoms with E-state index in [0.717, 1.165) is 10.4 Å². The summed E-state index contributed by atoms with van der Waals surface area (Å²) in [7, 11) is 1.29. The van der Waals surface area contributed by atoms with Crippen molar-refractivity contribution in [1.29, 1.82) is 0 Å². The first kappa shape index (κ1) is 17.7. The number of nitrogens with one attached hydrogen (secondary N) is 1. The Labute approximate surface area is 143 Å². The van der Waals surface area contributed by atoms with Crippen molar-refractivity contribution in [1.82, 2.24) is 0 Å². The monoisotopic (exact) mass is 347 g/mol. The summed E-state index contributed by atoms with van der Waals surface area (Å²) < 4.78 is 10.1. The van der Waals surface area contributed by atoms with Crippen molar-refractivity contribution in [2.24, 2.45) is 0 Å². The topological polar surface area (TPSA) is 81.7 Å². The third-order valence-corrected chi connectivity index (χ3v) is 4.56. The van der Waals surface area contributed by atoms with E-state index in [1.54, 1.807) is 31.2 Å². The molecule has 0 atom stereocenters. The Morgan fingerprint density at radius 2 is 1.96 bits per heavy atom. The highest BCUT2D eigenvalue weighted by molar-refractivity contribution is 7.16. The normalized spacial score (nSPS) is 10.1. The second-order valence-corrected chi connectivity index (χ2v) is 6.20. The van der Waals surface area contributed by atoms with Crippen LogP contribution >= 0.6 is 11.3 Å². The Morgan fingerprint density at radius 3 is 2.62 bits per heavy atom. The summed E-state index contributed by atoms with van der Waals surface area (Å²) in [5, 5.41) is 3.09. The van der Waals surface area contributed by atoms with Crippen LogP contribution in [0.1, 0.15) is 31.2 Å². The largest absolute Gasteiger partial charge is 0.483 e. The fraction of sp³-hybridized carbons (Fsp3) is 0.235. The molecular formula is C17H17NO5S. The Bertz CT molecular complexity index is 781. The predicted octanol–water partition coefficient (Wildman–Crippen LogP) is 2.98. The number of hydrogen-bond donors (Lipinski definition) is 1. The quantitative estimate of drug-likeness (QED) is 0.642. The molecule has 24 heavy (non-hydrogen) atoms. The summed E-state index contributed by atoms with van der Waals surface area (Å²) in [4.78, 5) is 35.8. The van der Waals surface area contributed by atoms with Crippen LogP contribution in [0.15, 0.2) is 24.3 Å². The zero-order chi connectivity index (χ0) is 17.7. The number of amides is 1. The number of benzene rings is 1. The second-order valence-electron chi connectivity index (χ2n) is 4.97. The number of esters is 1. The fourth-order valence-corrected chi connectivity index (χ4v) is 3.14. The molecule has 7 heteroatoms. The lowest BCUT2D eigenvalue weighted by Crippen LogP contribution is -2.21. The minimum absolute atomic E-state index is 0.276. The van der Waals surface area contributed by atoms with E-state index in [2.05, 4.69) is 5.32 Å². The van der Waals surface area contributed by atoms with Crippen LogP contribution in [0.4, 0.5) is 5.00 Å². The van der Waals surface area contributed by atoms with Crippen LogP contribution in [0, 0.1) is 13.8 Å². The number of carbonyl (C=O) groups excluding carboxylic acids is 3. The minimum Gasteiger partial charge on any atom is -0.483 e. The maximum absolute atomic E-state index is 12.1. The zero-order valence-electron chi connectivity index (χ0n) is 13.5. The van der Waals surface area contributed by atoms with Gasteiger partial charge in [-0.25, -0.2) is 4.79 Å². The van der Waals surface area contributed by atoms with Crippen molar-refractivity contribution < 1.29 is 23.9 Å². The smallest absolute Gasteiger partial charge is 0.341 e. The van der Waals surface area contributed by atoms with Crippen molar-refractivity contribution >= 4 is 34.5 Å². The lowest BCUT2D eigenvalue weighted by Gasteiger charge is -2.09. The number of hydrogen-bond acceptors (Lipinski definition) is 6. The number of methoxy groups -OCH3 is 1. The first-order valence-corrected chi connectivity index (χ1v) is 7.94. The van der Waals surface area contributed by atoms with Gasteiger partial charge in [-0.1, -0.05) is 12.1 Å². The second kappa shape index (κ2) is 7.74. The van der Waals surface area contributed by atoms with Gasteiger partial charge in [-0.2, -0.15) is 0 Å². The zero-order valence-corrected chi connectivity index (χ0v) is 14.4. The molecule has 1 aromatic carbocycles. The SMILES string of the molecule is COC(=O)c1c(NC(=O)COc2ccccc2C=O)sc(C)c1C. The molecule has 0 spiro atoms. The summed E-state index contributed by atoms with van der Waals surface area (Å²) in [6.45, 7) is 3.38. The first-order valence-electron chi connectivity index (χ1n) is 7.13. The average Bonchev–Trinajstić information content (AvgIpc) is 2.86. The van der Waals surface area contributed by atoms with Crippen molar-refractivity contribution in [3.8, 4) is 5.75 Å². The molecule has 0 bridgehead atoms. The number of anilines is 1. The first-order chi connectivity index (χ1) is 11.5. The summed E-state index contributed by atoms with van der Waals surface area (Å²) in [6, 6.07) is 6.62. The Hall–Kier alpha value is -2.67. The molecule has 0 unspecified atom stereocenters. The van der Waals surface area contributed by atoms with Gasteiger partial charge < -0.3 is 14.8 Å². The molecule has 1 aromatic heterocycles. The van der Waals surface area contributed by atoms with E-state index in [9.17, 15) is 14.4 Å². The molecule has 0 radical (unpaired) electrons. The van der Waals surface area contributed by atoms with Gasteiger partial charge in [0, 0.05) is 4.88 Å². The van der Waals surface area contributed by atoms with E-state index in [4.69, 9.17) is 9.47 Å². The van der Waals surface area contributed by atoms with E-state index in [1.165, 1.54) is 18.4 Å². The standard InChI is InChI=1S/C17H17NO5S/c1-10-11(2)24-16(15(10)17(21)22-3)18-14(20)9-23-13-7-5-4-6-12(13)8-19/h4-8H,9H2,1-3H3,(H,18,20). The lowest BCUT2D eigenvalue weighted by molar-refractivity contribution is -0.118. The molecule has 0 aliphatic carbocycles. The molecule has 1 heterocycles. The van der Waals surface area contributed by atoms with Gasteiger partial charge >= 0.3 is 5.97 Å². The molecule has 1 amide bonds. The molecule has 126 valence electrons. The van der Waals surface area contributed by atoms with E-state index in [-0.39, 0.29) is 6.61 Å². The highest BCUT2D eigenvalue weighted by Crippen LogP contribution is 2.32. The predicted molar refractivity (Wildman–Crippen MR) is 91.1 cm³/mol. The fourth-order valence-electron chi connectivity index (χ4n) is 2.08. The maximum Gasteiger partial charge on any atom is 0.341 e. The maximum atomic E-state index is 12.1. The summed E-state index contributed by atoms with van der Waals surface area (Å²) in [5.41, 5.74) is 1.49. The number of aldehydes is 1. The van der Waals surface area contributed by atoms with Gasteiger partial charge in [0.2, 0.25) is 0 Å². The minimum atomic E-state index is -0.501. The van der Waals surface area contributed by atoms with Crippen LogP contribution < -0.4 is 10.1 Å². The summed E-state index contributed by atoms with van der Waals surface area (Å²) >= 11 is 1.30. The third-order valence-electron chi connectivity index (χ3n) is 3.43. The molecule has 6 nitrogen and oxygen atoms in total. The number of rotatable bonds is 6. The molecule has 2 rings (SSSR count). The summed E-state index contributed by atoms with van der Waals surface area (Å²) in [5.74, 6) is -0.601. The molecule has 0 fully saturated rings. The van der Waals surface area contributed by atoms with E-state index >= 15 is 0 Å². The van der Waals surface area contributed by atoms with Gasteiger partial charge in [-0.3, -0.25) is 9.59 Å². The lowest BCUT2D eigenvalue weighted by atomic mass is 10.1. The van der Waals surface area contributed by atoms with Crippen LogP contribution in [0.25, 0.3) is 0 Å². The molecule has 0 saturated carbocycles. The summed E-state index contributed by atoms with van der Waals surface area (Å²) in [6.07, 6.45) is 0.661. The van der Waals surface area contributed by atoms with Crippen LogP contribution in [-0.4, -0.2) is 31.9 Å². The van der Waals surface area contributed by atoms with Crippen molar-refractivity contribution in [2.45, 2.75) is 13.8 Å². The highest BCUT2D eigenvalue weighted by atomic mass is 32.1. The van der Waals surface area contributed by atoms with E-state index in [1.807, 2.05) is 6.92 Å². The van der Waals surface area contributed by atoms with Gasteiger partial charge in [0.1, 0.15) is 10.8 Å². The number of carbonyl (C=O) groups is 3. The van der Waals surface area contributed by atoms with Gasteiger partial charge in [0.05, 0.1) is 18.2 Å². The van der Waals surface area contributed by atoms with Crippen molar-refractivity contribution in [3.05, 3.63) is 45.8 Å². The Morgan fingerprint density at radius 1 is 1.25 bits per heavy atom. The highest BCUT2D eigenvalue weighted by Gasteiger charge is 2.21. The molecule has 2 aromatic rings. The number of aryl methyl sites for hydroxylation is 1. The number of ether oxygens (including phenoxy) is 2. The van der Waals surface area contributed by atoms with E-state index < -0.39 is 11.9 Å². The van der Waals surface area contributed by atoms with Crippen LogP contribution in [0.2, 0.25) is 0 Å². The van der Waals surface area contributed by atoms with Gasteiger partial charge in [-0.05, 0) is 31.5 Å². The third kappa shape index (κ3) is 3.80. The molecule has 0 aliphatic rings. The van der Waals surface area contributed by atoms with Crippen LogP contribution in [0.5, 0.6) is 5.75 Å². The Balaban J connectivity index is 2.09. The molecule has 0 saturated heterocycles. The number of para-hydroxylation sites is 1. The van der Waals surface area contributed by atoms with Crippen LogP contribution in [-0.2, 0) is 9.53 Å². The van der Waals surface area contributed by atoms with Crippen molar-refractivity contribution in [3.63, 3.8) is 0 Å². The molecule has 1 N–H and O–H groups in total. The van der Waals surface area contributed by atoms with Gasteiger partial charge in [0.15, 0.2) is 12.9 Å².